The summed E-state index contributed by atoms with van der Waals surface area (Å²) in [7, 11) is 0. The Morgan fingerprint density at radius 1 is 0.969 bits per heavy atom. The Labute approximate surface area is 180 Å². The van der Waals surface area contributed by atoms with Crippen molar-refractivity contribution in [1.82, 2.24) is 10.3 Å². The largest absolute Gasteiger partial charge is 0.490 e. The molecule has 2 aromatic carbocycles. The monoisotopic (exact) mass is 446 g/mol. The summed E-state index contributed by atoms with van der Waals surface area (Å²) in [6, 6.07) is 16.0. The molecule has 166 valence electrons. The van der Waals surface area contributed by atoms with Crippen molar-refractivity contribution in [2.75, 3.05) is 0 Å². The van der Waals surface area contributed by atoms with Gasteiger partial charge in [-0.1, -0.05) is 18.2 Å². The van der Waals surface area contributed by atoms with Gasteiger partial charge in [0, 0.05) is 24.0 Å². The number of hydrogen-bond acceptors (Lipinski definition) is 3. The molecule has 0 radical (unpaired) electrons. The van der Waals surface area contributed by atoms with Gasteiger partial charge in [-0.05, 0) is 71.5 Å². The number of carboxylic acids is 1. The molecule has 9 heteroatoms. The highest BCUT2D eigenvalue weighted by molar-refractivity contribution is 5.94. The number of aromatic nitrogens is 1. The van der Waals surface area contributed by atoms with E-state index in [2.05, 4.69) is 28.5 Å². The van der Waals surface area contributed by atoms with E-state index >= 15 is 0 Å². The average molecular weight is 446 g/mol. The van der Waals surface area contributed by atoms with Crippen LogP contribution in [-0.2, 0) is 17.6 Å². The zero-order chi connectivity index (χ0) is 23.3. The highest BCUT2D eigenvalue weighted by Gasteiger charge is 2.38. The van der Waals surface area contributed by atoms with E-state index in [1.807, 2.05) is 12.1 Å². The average Bonchev–Trinajstić information content (AvgIpc) is 3.17. The van der Waals surface area contributed by atoms with Gasteiger partial charge in [0.15, 0.2) is 0 Å². The Hall–Kier alpha value is -3.75. The quantitative estimate of drug-likeness (QED) is 0.584. The molecule has 0 fully saturated rings. The molecule has 0 aliphatic heterocycles. The van der Waals surface area contributed by atoms with Crippen molar-refractivity contribution in [3.63, 3.8) is 0 Å². The van der Waals surface area contributed by atoms with Crippen molar-refractivity contribution in [2.24, 2.45) is 0 Å². The van der Waals surface area contributed by atoms with Gasteiger partial charge in [0.2, 0.25) is 0 Å². The van der Waals surface area contributed by atoms with Crippen LogP contribution >= 0.6 is 0 Å². The molecular weight excluding hydrogens is 428 g/mol. The third-order valence-corrected chi connectivity index (χ3v) is 4.87. The minimum atomic E-state index is -5.08. The van der Waals surface area contributed by atoms with Gasteiger partial charge in [0.25, 0.3) is 5.91 Å². The van der Waals surface area contributed by atoms with E-state index in [0.717, 1.165) is 18.4 Å². The van der Waals surface area contributed by atoms with Crippen LogP contribution in [0.2, 0.25) is 0 Å². The van der Waals surface area contributed by atoms with E-state index < -0.39 is 12.1 Å². The van der Waals surface area contributed by atoms with Crippen LogP contribution in [-0.4, -0.2) is 34.2 Å². The number of aliphatic carboxylic acids is 1. The standard InChI is InChI=1S/C21H17FN2O.C2HF3O2/c22-17-6-4-15(5-7-17)21(25)24-18-12-16-2-1-3-19(20(16)13-18)14-8-10-23-11-9-14;3-2(4,5)1(6)7/h1-11,18H,12-13H2,(H,24,25);(H,6,7). The second-order valence-electron chi connectivity index (χ2n) is 7.07. The summed E-state index contributed by atoms with van der Waals surface area (Å²) in [5.74, 6) is -3.26. The van der Waals surface area contributed by atoms with Gasteiger partial charge in [-0.25, -0.2) is 9.18 Å². The first-order chi connectivity index (χ1) is 15.1. The van der Waals surface area contributed by atoms with Crippen LogP contribution in [0.3, 0.4) is 0 Å². The lowest BCUT2D eigenvalue weighted by molar-refractivity contribution is -0.192. The molecule has 32 heavy (non-hydrogen) atoms. The molecule has 5 nitrogen and oxygen atoms in total. The van der Waals surface area contributed by atoms with E-state index in [4.69, 9.17) is 9.90 Å². The van der Waals surface area contributed by atoms with Crippen LogP contribution in [0.15, 0.2) is 67.0 Å². The molecule has 2 N–H and O–H groups in total. The SMILES string of the molecule is O=C(NC1Cc2cccc(-c3ccncc3)c2C1)c1ccc(F)cc1.O=C(O)C(F)(F)F. The molecule has 1 aliphatic carbocycles. The Morgan fingerprint density at radius 3 is 2.19 bits per heavy atom. The van der Waals surface area contributed by atoms with Crippen LogP contribution in [0.25, 0.3) is 11.1 Å². The smallest absolute Gasteiger partial charge is 0.475 e. The third kappa shape index (κ3) is 5.69. The molecule has 1 aromatic heterocycles. The summed E-state index contributed by atoms with van der Waals surface area (Å²) in [5, 5.41) is 10.2. The van der Waals surface area contributed by atoms with Crippen LogP contribution < -0.4 is 5.32 Å². The van der Waals surface area contributed by atoms with Gasteiger partial charge >= 0.3 is 12.1 Å². The van der Waals surface area contributed by atoms with Gasteiger partial charge in [-0.3, -0.25) is 9.78 Å². The van der Waals surface area contributed by atoms with Crippen LogP contribution in [0, 0.1) is 5.82 Å². The summed E-state index contributed by atoms with van der Waals surface area (Å²) in [5.41, 5.74) is 5.35. The first-order valence-electron chi connectivity index (χ1n) is 9.53. The Balaban J connectivity index is 0.000000360. The number of nitrogens with zero attached hydrogens (tertiary/aromatic N) is 1. The highest BCUT2D eigenvalue weighted by Crippen LogP contribution is 2.32. The predicted octanol–water partition coefficient (Wildman–Crippen LogP) is 4.42. The molecule has 1 unspecified atom stereocenters. The minimum Gasteiger partial charge on any atom is -0.475 e. The van der Waals surface area contributed by atoms with E-state index in [0.29, 0.717) is 5.56 Å². The first kappa shape index (κ1) is 22.9. The molecule has 3 aromatic rings. The maximum atomic E-state index is 13.0. The summed E-state index contributed by atoms with van der Waals surface area (Å²) < 4.78 is 44.7. The van der Waals surface area contributed by atoms with Gasteiger partial charge in [0.05, 0.1) is 0 Å². The molecule has 0 saturated heterocycles. The molecule has 1 atom stereocenters. The van der Waals surface area contributed by atoms with Gasteiger partial charge in [-0.2, -0.15) is 13.2 Å². The number of benzene rings is 2. The van der Waals surface area contributed by atoms with Crippen molar-refractivity contribution in [1.29, 1.82) is 0 Å². The zero-order valence-electron chi connectivity index (χ0n) is 16.6. The summed E-state index contributed by atoms with van der Waals surface area (Å²) in [4.78, 5) is 25.3. The number of pyridine rings is 1. The first-order valence-corrected chi connectivity index (χ1v) is 9.53. The zero-order valence-corrected chi connectivity index (χ0v) is 16.6. The molecule has 0 spiro atoms. The van der Waals surface area contributed by atoms with Crippen molar-refractivity contribution >= 4 is 11.9 Å². The number of carbonyl (C=O) groups is 2. The van der Waals surface area contributed by atoms with Crippen molar-refractivity contribution in [2.45, 2.75) is 25.1 Å². The molecular formula is C23H18F4N2O3. The fraction of sp³-hybridized carbons (Fsp3) is 0.174. The number of amides is 1. The predicted molar refractivity (Wildman–Crippen MR) is 108 cm³/mol. The summed E-state index contributed by atoms with van der Waals surface area (Å²) in [6.07, 6.45) is 0.0941. The minimum absolute atomic E-state index is 0.0514. The van der Waals surface area contributed by atoms with Crippen molar-refractivity contribution in [3.05, 3.63) is 89.5 Å². The summed E-state index contributed by atoms with van der Waals surface area (Å²) >= 11 is 0. The Bertz CT molecular complexity index is 1100. The number of nitrogens with one attached hydrogen (secondary N) is 1. The van der Waals surface area contributed by atoms with Crippen LogP contribution in [0.5, 0.6) is 0 Å². The van der Waals surface area contributed by atoms with Gasteiger partial charge in [0.1, 0.15) is 5.82 Å². The van der Waals surface area contributed by atoms with E-state index in [9.17, 15) is 22.4 Å². The van der Waals surface area contributed by atoms with Gasteiger partial charge in [-0.15, -0.1) is 0 Å². The lowest BCUT2D eigenvalue weighted by atomic mass is 9.98. The number of hydrogen-bond donors (Lipinski definition) is 2. The summed E-state index contributed by atoms with van der Waals surface area (Å²) in [6.45, 7) is 0. The lowest BCUT2D eigenvalue weighted by Crippen LogP contribution is -2.35. The van der Waals surface area contributed by atoms with Crippen molar-refractivity contribution < 1.29 is 32.3 Å². The Morgan fingerprint density at radius 2 is 1.59 bits per heavy atom. The third-order valence-electron chi connectivity index (χ3n) is 4.87. The van der Waals surface area contributed by atoms with E-state index in [1.54, 1.807) is 12.4 Å². The van der Waals surface area contributed by atoms with Crippen LogP contribution in [0.1, 0.15) is 21.5 Å². The highest BCUT2D eigenvalue weighted by atomic mass is 19.4. The van der Waals surface area contributed by atoms with E-state index in [-0.39, 0.29) is 17.8 Å². The van der Waals surface area contributed by atoms with Gasteiger partial charge < -0.3 is 10.4 Å². The fourth-order valence-corrected chi connectivity index (χ4v) is 3.42. The second-order valence-corrected chi connectivity index (χ2v) is 7.07. The maximum Gasteiger partial charge on any atom is 0.490 e. The molecule has 1 amide bonds. The maximum absolute atomic E-state index is 13.0. The second kappa shape index (κ2) is 9.59. The van der Waals surface area contributed by atoms with Crippen molar-refractivity contribution in [3.8, 4) is 11.1 Å². The van der Waals surface area contributed by atoms with Crippen LogP contribution in [0.4, 0.5) is 17.6 Å². The Kier molecular flexibility index (Phi) is 6.87. The normalized spacial score (nSPS) is 14.7. The molecule has 0 saturated carbocycles. The molecule has 4 rings (SSSR count). The van der Waals surface area contributed by atoms with E-state index in [1.165, 1.54) is 41.0 Å². The number of alkyl halides is 3. The molecule has 1 aliphatic rings. The lowest BCUT2D eigenvalue weighted by Gasteiger charge is -2.12. The molecule has 1 heterocycles. The molecule has 0 bridgehead atoms. The number of carbonyl (C=O) groups excluding carboxylic acids is 1. The number of rotatable bonds is 3. The number of fused-ring (bicyclic) bond motifs is 1. The number of halogens is 4. The number of carboxylic acid groups (broad SMARTS) is 1. The fourth-order valence-electron chi connectivity index (χ4n) is 3.42. The topological polar surface area (TPSA) is 79.3 Å².